The van der Waals surface area contributed by atoms with Crippen molar-refractivity contribution >= 4 is 17.4 Å². The lowest BCUT2D eigenvalue weighted by Crippen LogP contribution is -2.00. The molecule has 2 aromatic rings. The molecule has 0 aliphatic rings. The van der Waals surface area contributed by atoms with Gasteiger partial charge in [-0.25, -0.2) is 0 Å². The van der Waals surface area contributed by atoms with Gasteiger partial charge in [-0.1, -0.05) is 23.7 Å². The number of Topliss-reactive ketones (excluding diaryl/α,β-unsaturated/α-hetero) is 1. The van der Waals surface area contributed by atoms with Crippen LogP contribution in [0.4, 0.5) is 0 Å². The molecule has 1 aromatic heterocycles. The summed E-state index contributed by atoms with van der Waals surface area (Å²) in [5.74, 6) is 0.555. The maximum atomic E-state index is 11.5. The molecule has 5 nitrogen and oxygen atoms in total. The van der Waals surface area contributed by atoms with Gasteiger partial charge in [-0.05, 0) is 19.1 Å². The van der Waals surface area contributed by atoms with Gasteiger partial charge in [0.05, 0.1) is 12.7 Å². The molecule has 0 aliphatic heterocycles. The maximum absolute atomic E-state index is 11.5. The third-order valence-corrected chi connectivity index (χ3v) is 2.52. The molecule has 0 N–H and O–H groups in total. The highest BCUT2D eigenvalue weighted by atomic mass is 35.5. The summed E-state index contributed by atoms with van der Waals surface area (Å²) in [6.07, 6.45) is 0. The van der Waals surface area contributed by atoms with Crippen LogP contribution in [0, 0.1) is 0 Å². The number of hydrogen-bond donors (Lipinski definition) is 0. The standard InChI is InChI=1S/C13H11ClN2O3/c1-8(17)9-5-3-4-6-10(9)19-13-15-11(14)7-12(16-13)18-2/h3-7H,1-2H3. The number of rotatable bonds is 4. The maximum Gasteiger partial charge on any atom is 0.326 e. The van der Waals surface area contributed by atoms with Crippen molar-refractivity contribution in [3.8, 4) is 17.6 Å². The van der Waals surface area contributed by atoms with Crippen molar-refractivity contribution in [3.05, 3.63) is 41.0 Å². The minimum Gasteiger partial charge on any atom is -0.481 e. The third kappa shape index (κ3) is 3.20. The summed E-state index contributed by atoms with van der Waals surface area (Å²) in [5.41, 5.74) is 0.449. The Bertz CT molecular complexity index is 617. The molecule has 0 unspecified atom stereocenters. The predicted octanol–water partition coefficient (Wildman–Crippen LogP) is 3.13. The average Bonchev–Trinajstić information content (AvgIpc) is 2.38. The Labute approximate surface area is 115 Å². The van der Waals surface area contributed by atoms with Gasteiger partial charge in [0.1, 0.15) is 10.9 Å². The topological polar surface area (TPSA) is 61.3 Å². The van der Waals surface area contributed by atoms with E-state index in [1.54, 1.807) is 24.3 Å². The fourth-order valence-corrected chi connectivity index (χ4v) is 1.64. The summed E-state index contributed by atoms with van der Waals surface area (Å²) in [4.78, 5) is 19.4. The van der Waals surface area contributed by atoms with Crippen molar-refractivity contribution in [1.29, 1.82) is 0 Å². The van der Waals surface area contributed by atoms with Crippen LogP contribution in [0.2, 0.25) is 5.15 Å². The summed E-state index contributed by atoms with van der Waals surface area (Å²) < 4.78 is 10.5. The molecule has 1 aromatic carbocycles. The molecule has 6 heteroatoms. The first-order valence-electron chi connectivity index (χ1n) is 5.46. The fourth-order valence-electron chi connectivity index (χ4n) is 1.47. The van der Waals surface area contributed by atoms with Crippen molar-refractivity contribution in [3.63, 3.8) is 0 Å². The second-order valence-corrected chi connectivity index (χ2v) is 4.06. The Hall–Kier alpha value is -2.14. The number of carbonyl (C=O) groups is 1. The van der Waals surface area contributed by atoms with Crippen LogP contribution in [-0.4, -0.2) is 22.9 Å². The van der Waals surface area contributed by atoms with Crippen LogP contribution < -0.4 is 9.47 Å². The molecule has 98 valence electrons. The molecule has 0 saturated carbocycles. The van der Waals surface area contributed by atoms with Crippen LogP contribution in [0.1, 0.15) is 17.3 Å². The summed E-state index contributed by atoms with van der Waals surface area (Å²) in [6, 6.07) is 8.32. The molecule has 0 saturated heterocycles. The number of halogens is 1. The Morgan fingerprint density at radius 1 is 1.26 bits per heavy atom. The van der Waals surface area contributed by atoms with Crippen LogP contribution in [0.3, 0.4) is 0 Å². The number of carbonyl (C=O) groups excluding carboxylic acids is 1. The Morgan fingerprint density at radius 2 is 2.00 bits per heavy atom. The second kappa shape index (κ2) is 5.67. The van der Waals surface area contributed by atoms with Crippen LogP contribution in [0.5, 0.6) is 17.6 Å². The molecule has 0 amide bonds. The van der Waals surface area contributed by atoms with E-state index in [1.165, 1.54) is 20.1 Å². The smallest absolute Gasteiger partial charge is 0.326 e. The number of nitrogens with zero attached hydrogens (tertiary/aromatic N) is 2. The molecule has 0 aliphatic carbocycles. The first-order chi connectivity index (χ1) is 9.10. The van der Waals surface area contributed by atoms with Gasteiger partial charge in [0.2, 0.25) is 5.88 Å². The zero-order valence-corrected chi connectivity index (χ0v) is 11.1. The van der Waals surface area contributed by atoms with E-state index in [1.807, 2.05) is 0 Å². The third-order valence-electron chi connectivity index (χ3n) is 2.33. The Kier molecular flexibility index (Phi) is 3.97. The summed E-state index contributed by atoms with van der Waals surface area (Å²) >= 11 is 5.82. The molecular formula is C13H11ClN2O3. The molecule has 0 fully saturated rings. The van der Waals surface area contributed by atoms with Crippen molar-refractivity contribution in [2.24, 2.45) is 0 Å². The van der Waals surface area contributed by atoms with Gasteiger partial charge in [0.25, 0.3) is 0 Å². The van der Waals surface area contributed by atoms with Crippen LogP contribution in [-0.2, 0) is 0 Å². The van der Waals surface area contributed by atoms with Crippen LogP contribution >= 0.6 is 11.6 Å². The highest BCUT2D eigenvalue weighted by Crippen LogP contribution is 2.25. The van der Waals surface area contributed by atoms with Crippen LogP contribution in [0.25, 0.3) is 0 Å². The lowest BCUT2D eigenvalue weighted by molar-refractivity contribution is 0.101. The first-order valence-corrected chi connectivity index (χ1v) is 5.84. The molecule has 0 spiro atoms. The van der Waals surface area contributed by atoms with E-state index in [0.717, 1.165) is 0 Å². The number of methoxy groups -OCH3 is 1. The van der Waals surface area contributed by atoms with Crippen molar-refractivity contribution < 1.29 is 14.3 Å². The lowest BCUT2D eigenvalue weighted by atomic mass is 10.1. The number of aromatic nitrogens is 2. The van der Waals surface area contributed by atoms with E-state index < -0.39 is 0 Å². The van der Waals surface area contributed by atoms with Crippen molar-refractivity contribution in [2.75, 3.05) is 7.11 Å². The molecular weight excluding hydrogens is 268 g/mol. The number of hydrogen-bond acceptors (Lipinski definition) is 5. The number of ketones is 1. The zero-order chi connectivity index (χ0) is 13.8. The van der Waals surface area contributed by atoms with Gasteiger partial charge < -0.3 is 9.47 Å². The summed E-state index contributed by atoms with van der Waals surface area (Å²) in [7, 11) is 1.46. The lowest BCUT2D eigenvalue weighted by Gasteiger charge is -2.08. The normalized spacial score (nSPS) is 10.1. The van der Waals surface area contributed by atoms with Gasteiger partial charge in [-0.3, -0.25) is 4.79 Å². The van der Waals surface area contributed by atoms with E-state index >= 15 is 0 Å². The van der Waals surface area contributed by atoms with Gasteiger partial charge in [-0.2, -0.15) is 9.97 Å². The summed E-state index contributed by atoms with van der Waals surface area (Å²) in [5, 5.41) is 0.196. The number of benzene rings is 1. The largest absolute Gasteiger partial charge is 0.481 e. The Morgan fingerprint density at radius 3 is 2.68 bits per heavy atom. The molecule has 0 radical (unpaired) electrons. The minimum atomic E-state index is -0.107. The molecule has 0 bridgehead atoms. The monoisotopic (exact) mass is 278 g/mol. The SMILES string of the molecule is COc1cc(Cl)nc(Oc2ccccc2C(C)=O)n1. The highest BCUT2D eigenvalue weighted by molar-refractivity contribution is 6.29. The summed E-state index contributed by atoms with van der Waals surface area (Å²) in [6.45, 7) is 1.46. The first kappa shape index (κ1) is 13.3. The van der Waals surface area contributed by atoms with Gasteiger partial charge in [0, 0.05) is 6.07 Å². The van der Waals surface area contributed by atoms with E-state index in [0.29, 0.717) is 11.3 Å². The highest BCUT2D eigenvalue weighted by Gasteiger charge is 2.11. The molecule has 2 rings (SSSR count). The van der Waals surface area contributed by atoms with Crippen molar-refractivity contribution in [2.45, 2.75) is 6.92 Å². The van der Waals surface area contributed by atoms with Crippen LogP contribution in [0.15, 0.2) is 30.3 Å². The number of ether oxygens (including phenoxy) is 2. The van der Waals surface area contributed by atoms with Gasteiger partial charge in [-0.15, -0.1) is 0 Å². The quantitative estimate of drug-likeness (QED) is 0.635. The molecule has 19 heavy (non-hydrogen) atoms. The fraction of sp³-hybridized carbons (Fsp3) is 0.154. The van der Waals surface area contributed by atoms with E-state index in [9.17, 15) is 4.79 Å². The van der Waals surface area contributed by atoms with E-state index in [-0.39, 0.29) is 22.8 Å². The second-order valence-electron chi connectivity index (χ2n) is 3.67. The predicted molar refractivity (Wildman–Crippen MR) is 70.1 cm³/mol. The molecule has 0 atom stereocenters. The molecule has 1 heterocycles. The number of para-hydroxylation sites is 1. The van der Waals surface area contributed by atoms with Crippen molar-refractivity contribution in [1.82, 2.24) is 9.97 Å². The van der Waals surface area contributed by atoms with Gasteiger partial charge in [0.15, 0.2) is 5.78 Å². The van der Waals surface area contributed by atoms with E-state index in [4.69, 9.17) is 21.1 Å². The average molecular weight is 279 g/mol. The Balaban J connectivity index is 2.36. The van der Waals surface area contributed by atoms with Gasteiger partial charge >= 0.3 is 6.01 Å². The minimum absolute atomic E-state index is 0.0260. The van der Waals surface area contributed by atoms with E-state index in [2.05, 4.69) is 9.97 Å². The zero-order valence-electron chi connectivity index (χ0n) is 10.4.